The molecule has 0 bridgehead atoms. The van der Waals surface area contributed by atoms with Gasteiger partial charge in [0.05, 0.1) is 22.3 Å². The number of nitrogens with one attached hydrogen (secondary N) is 1. The molecule has 10 heteroatoms. The molecule has 0 aliphatic heterocycles. The molecule has 2 aromatic heterocycles. The molecule has 8 nitrogen and oxygen atoms in total. The van der Waals surface area contributed by atoms with Crippen LogP contribution < -0.4 is 11.1 Å². The normalized spacial score (nSPS) is 11.3. The molecule has 0 atom stereocenters. The SMILES string of the molecule is CS(=O)(=O)c1cc(Br)cc(NC(=O)c2cnn(-c3ncccc3N)c2)c1. The summed E-state index contributed by atoms with van der Waals surface area (Å²) in [5.74, 6) is -0.0309. The number of carbonyl (C=O) groups is 1. The molecule has 0 fully saturated rings. The molecule has 3 aromatic rings. The number of nitrogen functional groups attached to an aromatic ring is 1. The fourth-order valence-electron chi connectivity index (χ4n) is 2.21. The van der Waals surface area contributed by atoms with Crippen LogP contribution in [0.4, 0.5) is 11.4 Å². The van der Waals surface area contributed by atoms with E-state index in [0.29, 0.717) is 21.7 Å². The Bertz CT molecular complexity index is 1090. The van der Waals surface area contributed by atoms with E-state index in [9.17, 15) is 13.2 Å². The lowest BCUT2D eigenvalue weighted by molar-refractivity contribution is 0.102. The van der Waals surface area contributed by atoms with Crippen LogP contribution in [-0.2, 0) is 9.84 Å². The highest BCUT2D eigenvalue weighted by molar-refractivity contribution is 9.10. The lowest BCUT2D eigenvalue weighted by Gasteiger charge is -2.07. The van der Waals surface area contributed by atoms with Crippen LogP contribution in [0.2, 0.25) is 0 Å². The molecular formula is C16H14BrN5O3S. The van der Waals surface area contributed by atoms with Gasteiger partial charge in [0, 0.05) is 28.8 Å². The van der Waals surface area contributed by atoms with Crippen LogP contribution in [0.25, 0.3) is 5.82 Å². The van der Waals surface area contributed by atoms with Crippen molar-refractivity contribution in [3.63, 3.8) is 0 Å². The van der Waals surface area contributed by atoms with Crippen molar-refractivity contribution >= 4 is 43.0 Å². The van der Waals surface area contributed by atoms with Crippen LogP contribution in [-0.4, -0.2) is 35.3 Å². The smallest absolute Gasteiger partial charge is 0.258 e. The van der Waals surface area contributed by atoms with Gasteiger partial charge < -0.3 is 11.1 Å². The van der Waals surface area contributed by atoms with E-state index in [4.69, 9.17) is 5.73 Å². The molecular weight excluding hydrogens is 422 g/mol. The topological polar surface area (TPSA) is 120 Å². The van der Waals surface area contributed by atoms with Crippen molar-refractivity contribution in [3.05, 3.63) is 59.0 Å². The minimum atomic E-state index is -3.40. The molecule has 1 amide bonds. The average Bonchev–Trinajstić information content (AvgIpc) is 3.04. The summed E-state index contributed by atoms with van der Waals surface area (Å²) in [7, 11) is -3.40. The van der Waals surface area contributed by atoms with Crippen molar-refractivity contribution in [2.24, 2.45) is 0 Å². The third-order valence-corrected chi connectivity index (χ3v) is 4.99. The lowest BCUT2D eigenvalue weighted by Crippen LogP contribution is -2.12. The Morgan fingerprint density at radius 3 is 2.77 bits per heavy atom. The van der Waals surface area contributed by atoms with Crippen LogP contribution >= 0.6 is 15.9 Å². The summed E-state index contributed by atoms with van der Waals surface area (Å²) >= 11 is 3.24. The number of carbonyl (C=O) groups excluding carboxylic acids is 1. The Morgan fingerprint density at radius 2 is 2.08 bits per heavy atom. The number of aromatic nitrogens is 3. The lowest BCUT2D eigenvalue weighted by atomic mass is 10.3. The highest BCUT2D eigenvalue weighted by Gasteiger charge is 2.14. The van der Waals surface area contributed by atoms with E-state index in [1.54, 1.807) is 24.4 Å². The first-order chi connectivity index (χ1) is 12.2. The molecule has 0 aliphatic rings. The summed E-state index contributed by atoms with van der Waals surface area (Å²) in [5.41, 5.74) is 6.89. The van der Waals surface area contributed by atoms with Crippen LogP contribution in [0.5, 0.6) is 0 Å². The molecule has 0 aliphatic carbocycles. The molecule has 0 saturated heterocycles. The largest absolute Gasteiger partial charge is 0.396 e. The summed E-state index contributed by atoms with van der Waals surface area (Å²) in [6.45, 7) is 0. The number of rotatable bonds is 4. The zero-order chi connectivity index (χ0) is 18.9. The number of sulfone groups is 1. The summed E-state index contributed by atoms with van der Waals surface area (Å²) < 4.78 is 25.4. The number of nitrogens with zero attached hydrogens (tertiary/aromatic N) is 3. The predicted molar refractivity (Wildman–Crippen MR) is 101 cm³/mol. The summed E-state index contributed by atoms with van der Waals surface area (Å²) in [5, 5.41) is 6.75. The van der Waals surface area contributed by atoms with Crippen molar-refractivity contribution in [1.82, 2.24) is 14.8 Å². The van der Waals surface area contributed by atoms with E-state index in [0.717, 1.165) is 6.26 Å². The summed E-state index contributed by atoms with van der Waals surface area (Å²) in [6, 6.07) is 7.83. The van der Waals surface area contributed by atoms with Crippen molar-refractivity contribution in [3.8, 4) is 5.82 Å². The van der Waals surface area contributed by atoms with E-state index in [1.807, 2.05) is 0 Å². The van der Waals surface area contributed by atoms with Gasteiger partial charge in [-0.1, -0.05) is 15.9 Å². The van der Waals surface area contributed by atoms with Gasteiger partial charge in [0.2, 0.25) is 0 Å². The van der Waals surface area contributed by atoms with E-state index in [2.05, 4.69) is 31.3 Å². The fourth-order valence-corrected chi connectivity index (χ4v) is 3.54. The molecule has 0 saturated carbocycles. The molecule has 0 spiro atoms. The Hall–Kier alpha value is -2.72. The monoisotopic (exact) mass is 435 g/mol. The fraction of sp³-hybridized carbons (Fsp3) is 0.0625. The average molecular weight is 436 g/mol. The zero-order valence-corrected chi connectivity index (χ0v) is 16.0. The maximum Gasteiger partial charge on any atom is 0.258 e. The number of hydrogen-bond acceptors (Lipinski definition) is 6. The second-order valence-electron chi connectivity index (χ2n) is 5.49. The number of nitrogens with two attached hydrogens (primary N) is 1. The van der Waals surface area contributed by atoms with Gasteiger partial charge in [-0.3, -0.25) is 4.79 Å². The Balaban J connectivity index is 1.86. The second-order valence-corrected chi connectivity index (χ2v) is 8.42. The molecule has 2 heterocycles. The molecule has 3 N–H and O–H groups in total. The van der Waals surface area contributed by atoms with Gasteiger partial charge in [0.15, 0.2) is 15.7 Å². The highest BCUT2D eigenvalue weighted by Crippen LogP contribution is 2.23. The molecule has 3 rings (SSSR count). The van der Waals surface area contributed by atoms with Crippen LogP contribution in [0, 0.1) is 0 Å². The molecule has 0 unspecified atom stereocenters. The van der Waals surface area contributed by atoms with E-state index in [-0.39, 0.29) is 10.5 Å². The van der Waals surface area contributed by atoms with Crippen molar-refractivity contribution in [2.75, 3.05) is 17.3 Å². The Labute approximate surface area is 158 Å². The first kappa shape index (κ1) is 18.1. The van der Waals surface area contributed by atoms with Gasteiger partial charge in [-0.15, -0.1) is 0 Å². The number of benzene rings is 1. The molecule has 0 radical (unpaired) electrons. The Morgan fingerprint density at radius 1 is 1.31 bits per heavy atom. The number of anilines is 2. The van der Waals surface area contributed by atoms with E-state index < -0.39 is 15.7 Å². The van der Waals surface area contributed by atoms with Crippen LogP contribution in [0.3, 0.4) is 0 Å². The van der Waals surface area contributed by atoms with Crippen LogP contribution in [0.1, 0.15) is 10.4 Å². The minimum absolute atomic E-state index is 0.0964. The minimum Gasteiger partial charge on any atom is -0.396 e. The Kier molecular flexibility index (Phi) is 4.79. The van der Waals surface area contributed by atoms with Gasteiger partial charge in [-0.2, -0.15) is 5.10 Å². The van der Waals surface area contributed by atoms with Crippen molar-refractivity contribution in [2.45, 2.75) is 4.90 Å². The zero-order valence-electron chi connectivity index (χ0n) is 13.5. The molecule has 1 aromatic carbocycles. The maximum absolute atomic E-state index is 12.4. The van der Waals surface area contributed by atoms with E-state index in [1.165, 1.54) is 29.2 Å². The van der Waals surface area contributed by atoms with Gasteiger partial charge in [0.1, 0.15) is 0 Å². The molecule has 26 heavy (non-hydrogen) atoms. The van der Waals surface area contributed by atoms with E-state index >= 15 is 0 Å². The maximum atomic E-state index is 12.4. The first-order valence-electron chi connectivity index (χ1n) is 7.31. The predicted octanol–water partition coefficient (Wildman–Crippen LogP) is 2.27. The number of amides is 1. The summed E-state index contributed by atoms with van der Waals surface area (Å²) in [6.07, 6.45) is 5.53. The van der Waals surface area contributed by atoms with Gasteiger partial charge in [0.25, 0.3) is 5.91 Å². The van der Waals surface area contributed by atoms with Gasteiger partial charge >= 0.3 is 0 Å². The standard InChI is InChI=1S/C16H14BrN5O3S/c1-26(24,25)13-6-11(17)5-12(7-13)21-16(23)10-8-20-22(9-10)15-14(18)3-2-4-19-15/h2-9H,18H2,1H3,(H,21,23). The molecule has 134 valence electrons. The number of hydrogen-bond donors (Lipinski definition) is 2. The van der Waals surface area contributed by atoms with Gasteiger partial charge in [-0.05, 0) is 30.3 Å². The number of pyridine rings is 1. The number of halogens is 1. The first-order valence-corrected chi connectivity index (χ1v) is 10.00. The van der Waals surface area contributed by atoms with Crippen molar-refractivity contribution < 1.29 is 13.2 Å². The quantitative estimate of drug-likeness (QED) is 0.648. The summed E-state index contributed by atoms with van der Waals surface area (Å²) in [4.78, 5) is 16.7. The second kappa shape index (κ2) is 6.89. The van der Waals surface area contributed by atoms with Crippen molar-refractivity contribution in [1.29, 1.82) is 0 Å². The third-order valence-electron chi connectivity index (χ3n) is 3.44. The van der Waals surface area contributed by atoms with Gasteiger partial charge in [-0.25, -0.2) is 18.1 Å². The highest BCUT2D eigenvalue weighted by atomic mass is 79.9. The van der Waals surface area contributed by atoms with Crippen LogP contribution in [0.15, 0.2) is 58.3 Å². The third kappa shape index (κ3) is 3.92.